The van der Waals surface area contributed by atoms with Crippen LogP contribution in [0.5, 0.6) is 0 Å². The third-order valence-corrected chi connectivity index (χ3v) is 5.30. The van der Waals surface area contributed by atoms with Gasteiger partial charge in [0.05, 0.1) is 6.54 Å². The predicted molar refractivity (Wildman–Crippen MR) is 143 cm³/mol. The maximum absolute atomic E-state index is 12.0. The van der Waals surface area contributed by atoms with Crippen LogP contribution in [0.15, 0.2) is 47.7 Å². The summed E-state index contributed by atoms with van der Waals surface area (Å²) in [4.78, 5) is 31.6. The van der Waals surface area contributed by atoms with Gasteiger partial charge in [0.15, 0.2) is 5.96 Å². The third-order valence-electron chi connectivity index (χ3n) is 5.30. The molecule has 0 aliphatic carbocycles. The Morgan fingerprint density at radius 2 is 1.73 bits per heavy atom. The normalized spacial score (nSPS) is 14.4. The van der Waals surface area contributed by atoms with Crippen LogP contribution in [0.2, 0.25) is 0 Å². The van der Waals surface area contributed by atoms with E-state index in [4.69, 9.17) is 0 Å². The second-order valence-electron chi connectivity index (χ2n) is 7.90. The Hall–Kier alpha value is -2.47. The number of anilines is 1. The Bertz CT molecular complexity index is 868. The van der Waals surface area contributed by atoms with E-state index in [2.05, 4.69) is 42.3 Å². The fourth-order valence-electron chi connectivity index (χ4n) is 3.48. The fourth-order valence-corrected chi connectivity index (χ4v) is 3.48. The molecule has 1 amide bonds. The number of aromatic nitrogens is 2. The molecule has 0 radical (unpaired) electrons. The molecule has 0 atom stereocenters. The van der Waals surface area contributed by atoms with E-state index >= 15 is 0 Å². The molecule has 0 unspecified atom stereocenters. The lowest BCUT2D eigenvalue weighted by molar-refractivity contribution is 0.0827. The second-order valence-corrected chi connectivity index (χ2v) is 7.90. The summed E-state index contributed by atoms with van der Waals surface area (Å²) in [7, 11) is 3.51. The zero-order valence-electron chi connectivity index (χ0n) is 19.7. The molecule has 0 saturated carbocycles. The Kier molecular flexibility index (Phi) is 11.3. The minimum absolute atomic E-state index is 0. The summed E-state index contributed by atoms with van der Waals surface area (Å²) in [5, 5.41) is 6.72. The van der Waals surface area contributed by atoms with E-state index in [1.807, 2.05) is 30.3 Å². The van der Waals surface area contributed by atoms with E-state index in [1.54, 1.807) is 31.4 Å². The van der Waals surface area contributed by atoms with E-state index in [-0.39, 0.29) is 29.9 Å². The van der Waals surface area contributed by atoms with E-state index in [0.717, 1.165) is 63.3 Å². The van der Waals surface area contributed by atoms with Crippen LogP contribution in [-0.2, 0) is 6.54 Å². The van der Waals surface area contributed by atoms with Crippen LogP contribution >= 0.6 is 24.0 Å². The number of amides is 1. The maximum Gasteiger partial charge on any atom is 0.253 e. The van der Waals surface area contributed by atoms with Crippen LogP contribution < -0.4 is 15.5 Å². The molecule has 0 spiro atoms. The van der Waals surface area contributed by atoms with Crippen LogP contribution in [0.3, 0.4) is 0 Å². The van der Waals surface area contributed by atoms with Gasteiger partial charge in [0.25, 0.3) is 5.91 Å². The highest BCUT2D eigenvalue weighted by molar-refractivity contribution is 14.0. The number of hydrogen-bond donors (Lipinski definition) is 2. The Morgan fingerprint density at radius 3 is 2.33 bits per heavy atom. The molecule has 1 aromatic carbocycles. The molecular formula is C23H35IN8O. The SMILES string of the molecule is CCNC(=NCc1ccc(C(=O)N(C)C)cc1)NCCN1CCN(c2ncccn2)CC1.I. The lowest BCUT2D eigenvalue weighted by atomic mass is 10.1. The average Bonchev–Trinajstić information content (AvgIpc) is 2.83. The van der Waals surface area contributed by atoms with Gasteiger partial charge in [-0.25, -0.2) is 15.0 Å². The van der Waals surface area contributed by atoms with Gasteiger partial charge in [-0.15, -0.1) is 24.0 Å². The number of carbonyl (C=O) groups excluding carboxylic acids is 1. The van der Waals surface area contributed by atoms with Crippen LogP contribution in [-0.4, -0.2) is 91.5 Å². The topological polar surface area (TPSA) is 89.0 Å². The summed E-state index contributed by atoms with van der Waals surface area (Å²) in [6.45, 7) is 9.05. The van der Waals surface area contributed by atoms with Crippen molar-refractivity contribution < 1.29 is 4.79 Å². The first kappa shape index (κ1) is 26.8. The maximum atomic E-state index is 12.0. The number of hydrogen-bond acceptors (Lipinski definition) is 6. The smallest absolute Gasteiger partial charge is 0.253 e. The summed E-state index contributed by atoms with van der Waals surface area (Å²) in [6, 6.07) is 9.47. The number of piperazine rings is 1. The van der Waals surface area contributed by atoms with Crippen molar-refractivity contribution in [3.05, 3.63) is 53.9 Å². The molecule has 2 heterocycles. The van der Waals surface area contributed by atoms with Crippen molar-refractivity contribution in [2.45, 2.75) is 13.5 Å². The molecule has 180 valence electrons. The predicted octanol–water partition coefficient (Wildman–Crippen LogP) is 1.67. The van der Waals surface area contributed by atoms with E-state index in [1.165, 1.54) is 0 Å². The molecular weight excluding hydrogens is 531 g/mol. The third kappa shape index (κ3) is 8.43. The highest BCUT2D eigenvalue weighted by Crippen LogP contribution is 2.09. The lowest BCUT2D eigenvalue weighted by Crippen LogP contribution is -2.49. The van der Waals surface area contributed by atoms with Gasteiger partial charge in [0.2, 0.25) is 5.95 Å². The van der Waals surface area contributed by atoms with Crippen molar-refractivity contribution >= 4 is 41.8 Å². The summed E-state index contributed by atoms with van der Waals surface area (Å²) in [5.74, 6) is 1.62. The largest absolute Gasteiger partial charge is 0.357 e. The van der Waals surface area contributed by atoms with Crippen molar-refractivity contribution in [3.8, 4) is 0 Å². The summed E-state index contributed by atoms with van der Waals surface area (Å²) >= 11 is 0. The number of rotatable bonds is 8. The molecule has 0 bridgehead atoms. The average molecular weight is 566 g/mol. The highest BCUT2D eigenvalue weighted by atomic mass is 127. The van der Waals surface area contributed by atoms with Gasteiger partial charge in [-0.05, 0) is 30.7 Å². The lowest BCUT2D eigenvalue weighted by Gasteiger charge is -2.34. The molecule has 1 saturated heterocycles. The molecule has 1 aromatic heterocycles. The first-order valence-electron chi connectivity index (χ1n) is 11.1. The van der Waals surface area contributed by atoms with Crippen LogP contribution in [0.1, 0.15) is 22.8 Å². The molecule has 33 heavy (non-hydrogen) atoms. The highest BCUT2D eigenvalue weighted by Gasteiger charge is 2.18. The molecule has 3 rings (SSSR count). The number of halogens is 1. The number of nitrogens with one attached hydrogen (secondary N) is 2. The second kappa shape index (κ2) is 13.9. The van der Waals surface area contributed by atoms with Gasteiger partial charge in [-0.2, -0.15) is 0 Å². The monoisotopic (exact) mass is 566 g/mol. The number of benzene rings is 1. The van der Waals surface area contributed by atoms with E-state index in [0.29, 0.717) is 12.1 Å². The Balaban J connectivity index is 0.00000385. The van der Waals surface area contributed by atoms with Crippen LogP contribution in [0.25, 0.3) is 0 Å². The molecule has 2 aromatic rings. The van der Waals surface area contributed by atoms with Crippen molar-refractivity contribution in [3.63, 3.8) is 0 Å². The van der Waals surface area contributed by atoms with Gasteiger partial charge in [0.1, 0.15) is 0 Å². The van der Waals surface area contributed by atoms with Crippen molar-refractivity contribution in [2.75, 3.05) is 64.8 Å². The van der Waals surface area contributed by atoms with Crippen LogP contribution in [0.4, 0.5) is 5.95 Å². The molecule has 2 N–H and O–H groups in total. The zero-order valence-corrected chi connectivity index (χ0v) is 22.0. The van der Waals surface area contributed by atoms with E-state index in [9.17, 15) is 4.79 Å². The first-order valence-corrected chi connectivity index (χ1v) is 11.1. The minimum atomic E-state index is 0. The van der Waals surface area contributed by atoms with Gasteiger partial charge < -0.3 is 20.4 Å². The Labute approximate surface area is 213 Å². The molecule has 1 fully saturated rings. The van der Waals surface area contributed by atoms with Gasteiger partial charge in [-0.3, -0.25) is 9.69 Å². The molecule has 9 nitrogen and oxygen atoms in total. The van der Waals surface area contributed by atoms with Crippen molar-refractivity contribution in [1.29, 1.82) is 0 Å². The quantitative estimate of drug-likeness (QED) is 0.286. The minimum Gasteiger partial charge on any atom is -0.357 e. The first-order chi connectivity index (χ1) is 15.6. The van der Waals surface area contributed by atoms with Gasteiger partial charge in [0, 0.05) is 77.9 Å². The fraction of sp³-hybridized carbons (Fsp3) is 0.478. The van der Waals surface area contributed by atoms with Crippen molar-refractivity contribution in [2.24, 2.45) is 4.99 Å². The molecule has 1 aliphatic heterocycles. The van der Waals surface area contributed by atoms with Gasteiger partial charge in [-0.1, -0.05) is 12.1 Å². The number of guanidine groups is 1. The summed E-state index contributed by atoms with van der Waals surface area (Å²) in [5.41, 5.74) is 1.75. The van der Waals surface area contributed by atoms with Gasteiger partial charge >= 0.3 is 0 Å². The summed E-state index contributed by atoms with van der Waals surface area (Å²) < 4.78 is 0. The zero-order chi connectivity index (χ0) is 22.8. The summed E-state index contributed by atoms with van der Waals surface area (Å²) in [6.07, 6.45) is 3.58. The molecule has 10 heteroatoms. The van der Waals surface area contributed by atoms with E-state index < -0.39 is 0 Å². The standard InChI is InChI=1S/C23H34N8O.HI/c1-4-24-22(28-18-19-6-8-20(9-7-19)21(32)29(2)3)25-12-13-30-14-16-31(17-15-30)23-26-10-5-11-27-23;/h5-11H,4,12-18H2,1-3H3,(H2,24,25,28);1H. The van der Waals surface area contributed by atoms with Crippen molar-refractivity contribution in [1.82, 2.24) is 30.4 Å². The van der Waals surface area contributed by atoms with Crippen LogP contribution in [0, 0.1) is 0 Å². The number of aliphatic imine (C=N–C) groups is 1. The molecule has 1 aliphatic rings. The Morgan fingerprint density at radius 1 is 1.06 bits per heavy atom. The number of carbonyl (C=O) groups is 1. The number of nitrogens with zero attached hydrogens (tertiary/aromatic N) is 6.